The van der Waals surface area contributed by atoms with E-state index in [1.165, 1.54) is 13.0 Å². The van der Waals surface area contributed by atoms with Gasteiger partial charge in [0.05, 0.1) is 11.3 Å². The standard InChI is InChI=1S/C19H21N3O4/c1-3-21(14(2)23)13-16-9-4-6-10-17(16)20-19(24)12-15-8-5-7-11-18(15)22(25)26/h4-11H,3,12-13H2,1-2H3,(H,20,24). The third-order valence-corrected chi connectivity index (χ3v) is 4.02. The summed E-state index contributed by atoms with van der Waals surface area (Å²) >= 11 is 0. The molecule has 1 N–H and O–H groups in total. The summed E-state index contributed by atoms with van der Waals surface area (Å²) in [6, 6.07) is 13.4. The zero-order chi connectivity index (χ0) is 19.1. The van der Waals surface area contributed by atoms with Crippen molar-refractivity contribution < 1.29 is 14.5 Å². The van der Waals surface area contributed by atoms with E-state index in [4.69, 9.17) is 0 Å². The number of carbonyl (C=O) groups is 2. The topological polar surface area (TPSA) is 92.6 Å². The fourth-order valence-electron chi connectivity index (χ4n) is 2.64. The third-order valence-electron chi connectivity index (χ3n) is 4.02. The summed E-state index contributed by atoms with van der Waals surface area (Å²) in [4.78, 5) is 36.2. The Labute approximate surface area is 151 Å². The molecule has 0 spiro atoms. The minimum atomic E-state index is -0.497. The number of carbonyl (C=O) groups excluding carboxylic acids is 2. The van der Waals surface area contributed by atoms with Gasteiger partial charge in [-0.25, -0.2) is 0 Å². The molecule has 0 aliphatic heterocycles. The van der Waals surface area contributed by atoms with Gasteiger partial charge in [-0.2, -0.15) is 0 Å². The Hall–Kier alpha value is -3.22. The Kier molecular flexibility index (Phi) is 6.43. The molecule has 0 saturated heterocycles. The first kappa shape index (κ1) is 19.1. The summed E-state index contributed by atoms with van der Waals surface area (Å²) in [5.74, 6) is -0.397. The molecule has 0 aliphatic rings. The van der Waals surface area contributed by atoms with Gasteiger partial charge < -0.3 is 10.2 Å². The number of nitro groups is 1. The SMILES string of the molecule is CCN(Cc1ccccc1NC(=O)Cc1ccccc1[N+](=O)[O-])C(C)=O. The van der Waals surface area contributed by atoms with Gasteiger partial charge in [0.1, 0.15) is 0 Å². The van der Waals surface area contributed by atoms with Crippen LogP contribution in [0.15, 0.2) is 48.5 Å². The molecule has 2 amide bonds. The fraction of sp³-hybridized carbons (Fsp3) is 0.263. The average Bonchev–Trinajstić information content (AvgIpc) is 2.60. The Balaban J connectivity index is 2.15. The maximum Gasteiger partial charge on any atom is 0.273 e. The van der Waals surface area contributed by atoms with E-state index in [-0.39, 0.29) is 23.9 Å². The molecule has 0 aromatic heterocycles. The van der Waals surface area contributed by atoms with E-state index < -0.39 is 4.92 Å². The van der Waals surface area contributed by atoms with Crippen molar-refractivity contribution in [1.82, 2.24) is 4.90 Å². The number of para-hydroxylation sites is 2. The average molecular weight is 355 g/mol. The van der Waals surface area contributed by atoms with Gasteiger partial charge in [-0.05, 0) is 18.6 Å². The lowest BCUT2D eigenvalue weighted by Crippen LogP contribution is -2.28. The third kappa shape index (κ3) is 4.89. The van der Waals surface area contributed by atoms with Crippen LogP contribution in [0.5, 0.6) is 0 Å². The van der Waals surface area contributed by atoms with Crippen molar-refractivity contribution in [1.29, 1.82) is 0 Å². The highest BCUT2D eigenvalue weighted by Gasteiger charge is 2.17. The lowest BCUT2D eigenvalue weighted by Gasteiger charge is -2.21. The van der Waals surface area contributed by atoms with Crippen molar-refractivity contribution in [2.45, 2.75) is 26.8 Å². The molecule has 0 saturated carbocycles. The number of nitrogens with one attached hydrogen (secondary N) is 1. The molecule has 0 heterocycles. The molecule has 0 radical (unpaired) electrons. The lowest BCUT2D eigenvalue weighted by molar-refractivity contribution is -0.385. The Morgan fingerprint density at radius 1 is 1.08 bits per heavy atom. The molecule has 0 bridgehead atoms. The van der Waals surface area contributed by atoms with Gasteiger partial charge in [-0.3, -0.25) is 19.7 Å². The van der Waals surface area contributed by atoms with Crippen molar-refractivity contribution in [3.8, 4) is 0 Å². The Morgan fingerprint density at radius 2 is 1.69 bits per heavy atom. The van der Waals surface area contributed by atoms with Crippen LogP contribution in [0.3, 0.4) is 0 Å². The molecule has 26 heavy (non-hydrogen) atoms. The molecule has 0 fully saturated rings. The van der Waals surface area contributed by atoms with Crippen molar-refractivity contribution in [2.24, 2.45) is 0 Å². The predicted octanol–water partition coefficient (Wildman–Crippen LogP) is 3.14. The van der Waals surface area contributed by atoms with Gasteiger partial charge >= 0.3 is 0 Å². The number of rotatable bonds is 7. The molecule has 7 heteroatoms. The number of benzene rings is 2. The van der Waals surface area contributed by atoms with Crippen LogP contribution in [-0.2, 0) is 22.6 Å². The highest BCUT2D eigenvalue weighted by Crippen LogP contribution is 2.21. The number of nitrogens with zero attached hydrogens (tertiary/aromatic N) is 2. The Bertz CT molecular complexity index is 820. The first-order valence-electron chi connectivity index (χ1n) is 8.28. The molecule has 7 nitrogen and oxygen atoms in total. The normalized spacial score (nSPS) is 10.2. The summed E-state index contributed by atoms with van der Waals surface area (Å²) in [6.07, 6.45) is -0.101. The largest absolute Gasteiger partial charge is 0.339 e. The van der Waals surface area contributed by atoms with Crippen LogP contribution < -0.4 is 5.32 Å². The second-order valence-corrected chi connectivity index (χ2v) is 5.80. The van der Waals surface area contributed by atoms with E-state index in [0.717, 1.165) is 5.56 Å². The molecule has 2 aromatic carbocycles. The highest BCUT2D eigenvalue weighted by molar-refractivity contribution is 5.93. The first-order valence-corrected chi connectivity index (χ1v) is 8.28. The van der Waals surface area contributed by atoms with Gasteiger partial charge in [-0.1, -0.05) is 36.4 Å². The van der Waals surface area contributed by atoms with Crippen LogP contribution in [0, 0.1) is 10.1 Å². The molecule has 2 rings (SSSR count). The number of nitro benzene ring substituents is 1. The van der Waals surface area contributed by atoms with Gasteiger partial charge in [0, 0.05) is 37.3 Å². The van der Waals surface area contributed by atoms with Crippen molar-refractivity contribution in [2.75, 3.05) is 11.9 Å². The van der Waals surface area contributed by atoms with E-state index >= 15 is 0 Å². The predicted molar refractivity (Wildman–Crippen MR) is 98.6 cm³/mol. The summed E-state index contributed by atoms with van der Waals surface area (Å²) in [5.41, 5.74) is 1.67. The number of hydrogen-bond acceptors (Lipinski definition) is 4. The smallest absolute Gasteiger partial charge is 0.273 e. The molecule has 0 aliphatic carbocycles. The van der Waals surface area contributed by atoms with Crippen molar-refractivity contribution >= 4 is 23.2 Å². The van der Waals surface area contributed by atoms with Crippen LogP contribution >= 0.6 is 0 Å². The zero-order valence-corrected chi connectivity index (χ0v) is 14.8. The second kappa shape index (κ2) is 8.75. The van der Waals surface area contributed by atoms with Crippen LogP contribution in [-0.4, -0.2) is 28.2 Å². The van der Waals surface area contributed by atoms with Crippen LogP contribution in [0.25, 0.3) is 0 Å². The summed E-state index contributed by atoms with van der Waals surface area (Å²) in [6.45, 7) is 4.33. The van der Waals surface area contributed by atoms with Gasteiger partial charge in [0.2, 0.25) is 11.8 Å². The minimum absolute atomic E-state index is 0.0476. The monoisotopic (exact) mass is 355 g/mol. The van der Waals surface area contributed by atoms with E-state index in [1.807, 2.05) is 19.1 Å². The Morgan fingerprint density at radius 3 is 2.31 bits per heavy atom. The van der Waals surface area contributed by atoms with Gasteiger partial charge in [0.15, 0.2) is 0 Å². The van der Waals surface area contributed by atoms with E-state index in [0.29, 0.717) is 24.3 Å². The van der Waals surface area contributed by atoms with E-state index in [9.17, 15) is 19.7 Å². The summed E-state index contributed by atoms with van der Waals surface area (Å²) in [5, 5.41) is 13.9. The maximum atomic E-state index is 12.4. The molecule has 0 atom stereocenters. The highest BCUT2D eigenvalue weighted by atomic mass is 16.6. The van der Waals surface area contributed by atoms with E-state index in [2.05, 4.69) is 5.32 Å². The molecular weight excluding hydrogens is 334 g/mol. The quantitative estimate of drug-likeness (QED) is 0.610. The zero-order valence-electron chi connectivity index (χ0n) is 14.8. The number of anilines is 1. The summed E-state index contributed by atoms with van der Waals surface area (Å²) in [7, 11) is 0. The molecule has 136 valence electrons. The van der Waals surface area contributed by atoms with Gasteiger partial charge in [-0.15, -0.1) is 0 Å². The van der Waals surface area contributed by atoms with Gasteiger partial charge in [0.25, 0.3) is 5.69 Å². The second-order valence-electron chi connectivity index (χ2n) is 5.80. The maximum absolute atomic E-state index is 12.4. The van der Waals surface area contributed by atoms with Crippen LogP contribution in [0.2, 0.25) is 0 Å². The minimum Gasteiger partial charge on any atom is -0.339 e. The number of hydrogen-bond donors (Lipinski definition) is 1. The van der Waals surface area contributed by atoms with Crippen LogP contribution in [0.4, 0.5) is 11.4 Å². The number of amides is 2. The molecular formula is C19H21N3O4. The first-order chi connectivity index (χ1) is 12.4. The van der Waals surface area contributed by atoms with Crippen molar-refractivity contribution in [3.63, 3.8) is 0 Å². The molecule has 0 unspecified atom stereocenters. The van der Waals surface area contributed by atoms with Crippen molar-refractivity contribution in [3.05, 3.63) is 69.8 Å². The van der Waals surface area contributed by atoms with Crippen LogP contribution in [0.1, 0.15) is 25.0 Å². The fourth-order valence-corrected chi connectivity index (χ4v) is 2.64. The van der Waals surface area contributed by atoms with E-state index in [1.54, 1.807) is 35.2 Å². The summed E-state index contributed by atoms with van der Waals surface area (Å²) < 4.78 is 0. The lowest BCUT2D eigenvalue weighted by atomic mass is 10.1. The molecule has 2 aromatic rings.